The lowest BCUT2D eigenvalue weighted by atomic mass is 9.91. The number of rotatable bonds is 4. The molecule has 1 fully saturated rings. The van der Waals surface area contributed by atoms with Gasteiger partial charge in [-0.1, -0.05) is 5.16 Å². The van der Waals surface area contributed by atoms with Crippen molar-refractivity contribution in [3.63, 3.8) is 0 Å². The molecule has 1 aliphatic rings. The molecule has 3 aromatic heterocycles. The molecule has 1 aliphatic carbocycles. The molecule has 3 heterocycles. The van der Waals surface area contributed by atoms with Gasteiger partial charge in [0.25, 0.3) is 11.5 Å². The second kappa shape index (κ2) is 7.41. The van der Waals surface area contributed by atoms with E-state index in [1.54, 1.807) is 15.4 Å². The molecular weight excluding hydrogens is 360 g/mol. The maximum atomic E-state index is 12.4. The van der Waals surface area contributed by atoms with Crippen LogP contribution in [0.3, 0.4) is 0 Å². The van der Waals surface area contributed by atoms with E-state index in [2.05, 4.69) is 20.7 Å². The van der Waals surface area contributed by atoms with Gasteiger partial charge in [0.2, 0.25) is 5.76 Å². The summed E-state index contributed by atoms with van der Waals surface area (Å²) >= 11 is 0. The Bertz CT molecular complexity index is 1030. The largest absolute Gasteiger partial charge is 0.351 e. The van der Waals surface area contributed by atoms with E-state index in [4.69, 9.17) is 4.52 Å². The molecule has 3 aromatic rings. The van der Waals surface area contributed by atoms with Crippen LogP contribution in [-0.2, 0) is 0 Å². The van der Waals surface area contributed by atoms with Crippen LogP contribution in [-0.4, -0.2) is 36.7 Å². The third-order valence-electron chi connectivity index (χ3n) is 5.08. The molecule has 0 aliphatic heterocycles. The molecule has 1 N–H and O–H groups in total. The zero-order valence-corrected chi connectivity index (χ0v) is 15.8. The number of nitrogens with zero attached hydrogens (tertiary/aromatic N) is 5. The van der Waals surface area contributed by atoms with Crippen LogP contribution in [0.5, 0.6) is 0 Å². The SMILES string of the molecule is Cc1cc(C)n(-c2ccc(=O)n(C3CCC(NC(=O)c4ccno4)CC3)n2)n1. The first-order valence-electron chi connectivity index (χ1n) is 9.36. The standard InChI is InChI=1S/C19H22N6O3/c1-12-11-13(2)24(22-12)17-7-8-18(26)25(23-17)15-5-3-14(4-6-15)21-19(27)16-9-10-20-28-16/h7-11,14-15H,3-6H2,1-2H3,(H,21,27). The number of carbonyl (C=O) groups is 1. The van der Waals surface area contributed by atoms with E-state index >= 15 is 0 Å². The number of hydrogen-bond donors (Lipinski definition) is 1. The van der Waals surface area contributed by atoms with Crippen molar-refractivity contribution in [2.45, 2.75) is 51.6 Å². The third kappa shape index (κ3) is 3.60. The molecule has 0 bridgehead atoms. The molecule has 1 amide bonds. The highest BCUT2D eigenvalue weighted by atomic mass is 16.5. The van der Waals surface area contributed by atoms with Crippen LogP contribution in [0.2, 0.25) is 0 Å². The molecule has 9 heteroatoms. The van der Waals surface area contributed by atoms with E-state index in [9.17, 15) is 9.59 Å². The van der Waals surface area contributed by atoms with Crippen molar-refractivity contribution in [3.8, 4) is 5.82 Å². The fourth-order valence-electron chi connectivity index (χ4n) is 3.70. The van der Waals surface area contributed by atoms with Gasteiger partial charge in [-0.05, 0) is 51.7 Å². The average molecular weight is 382 g/mol. The maximum Gasteiger partial charge on any atom is 0.290 e. The van der Waals surface area contributed by atoms with E-state index in [1.165, 1.54) is 18.3 Å². The summed E-state index contributed by atoms with van der Waals surface area (Å²) in [6.45, 7) is 3.88. The molecule has 4 rings (SSSR count). The summed E-state index contributed by atoms with van der Waals surface area (Å²) in [6, 6.07) is 6.79. The molecule has 28 heavy (non-hydrogen) atoms. The molecule has 0 aromatic carbocycles. The van der Waals surface area contributed by atoms with Gasteiger partial charge < -0.3 is 9.84 Å². The van der Waals surface area contributed by atoms with Gasteiger partial charge in [0, 0.05) is 23.9 Å². The lowest BCUT2D eigenvalue weighted by molar-refractivity contribution is 0.0884. The van der Waals surface area contributed by atoms with Gasteiger partial charge in [-0.3, -0.25) is 9.59 Å². The van der Waals surface area contributed by atoms with E-state index in [-0.39, 0.29) is 29.3 Å². The minimum Gasteiger partial charge on any atom is -0.351 e. The van der Waals surface area contributed by atoms with E-state index < -0.39 is 0 Å². The predicted octanol–water partition coefficient (Wildman–Crippen LogP) is 1.95. The predicted molar refractivity (Wildman–Crippen MR) is 100 cm³/mol. The normalized spacial score (nSPS) is 19.5. The first kappa shape index (κ1) is 18.1. The Labute approximate surface area is 161 Å². The van der Waals surface area contributed by atoms with Gasteiger partial charge in [0.05, 0.1) is 17.9 Å². The lowest BCUT2D eigenvalue weighted by Crippen LogP contribution is -2.39. The summed E-state index contributed by atoms with van der Waals surface area (Å²) in [6.07, 6.45) is 4.49. The van der Waals surface area contributed by atoms with Gasteiger partial charge in [0.1, 0.15) is 0 Å². The van der Waals surface area contributed by atoms with Crippen molar-refractivity contribution in [2.24, 2.45) is 0 Å². The number of aryl methyl sites for hydroxylation is 2. The van der Waals surface area contributed by atoms with Gasteiger partial charge in [-0.2, -0.15) is 5.10 Å². The maximum absolute atomic E-state index is 12.4. The van der Waals surface area contributed by atoms with Crippen LogP contribution >= 0.6 is 0 Å². The summed E-state index contributed by atoms with van der Waals surface area (Å²) in [5.41, 5.74) is 1.74. The highest BCUT2D eigenvalue weighted by Crippen LogP contribution is 2.27. The molecule has 1 saturated carbocycles. The third-order valence-corrected chi connectivity index (χ3v) is 5.08. The molecule has 0 saturated heterocycles. The zero-order valence-electron chi connectivity index (χ0n) is 15.8. The number of hydrogen-bond acceptors (Lipinski definition) is 6. The molecule has 9 nitrogen and oxygen atoms in total. The smallest absolute Gasteiger partial charge is 0.290 e. The van der Waals surface area contributed by atoms with Crippen molar-refractivity contribution in [1.29, 1.82) is 0 Å². The van der Waals surface area contributed by atoms with Crippen molar-refractivity contribution in [2.75, 3.05) is 0 Å². The van der Waals surface area contributed by atoms with Gasteiger partial charge in [0.15, 0.2) is 5.82 Å². The molecule has 0 radical (unpaired) electrons. The molecule has 0 spiro atoms. The zero-order chi connectivity index (χ0) is 19.7. The van der Waals surface area contributed by atoms with Crippen LogP contribution in [0, 0.1) is 13.8 Å². The van der Waals surface area contributed by atoms with E-state index in [0.717, 1.165) is 37.1 Å². The summed E-state index contributed by atoms with van der Waals surface area (Å²) in [4.78, 5) is 24.5. The first-order valence-corrected chi connectivity index (χ1v) is 9.36. The fraction of sp³-hybridized carbons (Fsp3) is 0.421. The topological polar surface area (TPSA) is 108 Å². The minimum atomic E-state index is -0.261. The first-order chi connectivity index (χ1) is 13.5. The monoisotopic (exact) mass is 382 g/mol. The van der Waals surface area contributed by atoms with Crippen LogP contribution in [0.15, 0.2) is 39.8 Å². The Morgan fingerprint density at radius 2 is 1.93 bits per heavy atom. The lowest BCUT2D eigenvalue weighted by Gasteiger charge is -2.29. The second-order valence-electron chi connectivity index (χ2n) is 7.17. The summed E-state index contributed by atoms with van der Waals surface area (Å²) in [5.74, 6) is 0.575. The molecular formula is C19H22N6O3. The highest BCUT2D eigenvalue weighted by Gasteiger charge is 2.26. The van der Waals surface area contributed by atoms with Crippen LogP contribution in [0.25, 0.3) is 5.82 Å². The second-order valence-corrected chi connectivity index (χ2v) is 7.17. The van der Waals surface area contributed by atoms with Gasteiger partial charge in [-0.15, -0.1) is 5.10 Å². The Balaban J connectivity index is 1.46. The summed E-state index contributed by atoms with van der Waals surface area (Å²) in [5, 5.41) is 15.5. The Hall–Kier alpha value is -3.23. The summed E-state index contributed by atoms with van der Waals surface area (Å²) < 4.78 is 8.18. The van der Waals surface area contributed by atoms with Crippen LogP contribution < -0.4 is 10.9 Å². The molecule has 0 atom stereocenters. The number of amides is 1. The molecule has 0 unspecified atom stereocenters. The Kier molecular flexibility index (Phi) is 4.81. The minimum absolute atomic E-state index is 0.00264. The van der Waals surface area contributed by atoms with Crippen molar-refractivity contribution in [1.82, 2.24) is 30.0 Å². The van der Waals surface area contributed by atoms with Gasteiger partial charge in [-0.25, -0.2) is 9.36 Å². The average Bonchev–Trinajstić information content (AvgIpc) is 3.33. The van der Waals surface area contributed by atoms with Crippen LogP contribution in [0.1, 0.15) is 53.7 Å². The number of carbonyl (C=O) groups excluding carboxylic acids is 1. The van der Waals surface area contributed by atoms with Crippen molar-refractivity contribution in [3.05, 3.63) is 58.0 Å². The highest BCUT2D eigenvalue weighted by molar-refractivity contribution is 5.91. The number of aromatic nitrogens is 5. The molecule has 146 valence electrons. The van der Waals surface area contributed by atoms with Gasteiger partial charge >= 0.3 is 0 Å². The van der Waals surface area contributed by atoms with Crippen LogP contribution in [0.4, 0.5) is 0 Å². The van der Waals surface area contributed by atoms with Crippen molar-refractivity contribution >= 4 is 5.91 Å². The fourth-order valence-corrected chi connectivity index (χ4v) is 3.70. The van der Waals surface area contributed by atoms with E-state index in [1.807, 2.05) is 19.9 Å². The van der Waals surface area contributed by atoms with E-state index in [0.29, 0.717) is 5.82 Å². The van der Waals surface area contributed by atoms with Crippen molar-refractivity contribution < 1.29 is 9.32 Å². The summed E-state index contributed by atoms with van der Waals surface area (Å²) in [7, 11) is 0. The Morgan fingerprint density at radius 3 is 2.57 bits per heavy atom. The Morgan fingerprint density at radius 1 is 1.14 bits per heavy atom. The quantitative estimate of drug-likeness (QED) is 0.739. The number of nitrogens with one attached hydrogen (secondary N) is 1.